The van der Waals surface area contributed by atoms with Crippen molar-refractivity contribution in [1.29, 1.82) is 0 Å². The third-order valence-electron chi connectivity index (χ3n) is 4.24. The van der Waals surface area contributed by atoms with Crippen LogP contribution in [0.2, 0.25) is 0 Å². The predicted molar refractivity (Wildman–Crippen MR) is 111 cm³/mol. The molecule has 0 aliphatic heterocycles. The number of allylic oxidation sites excluding steroid dienone is 1. The monoisotopic (exact) mass is 406 g/mol. The number of hydrogen-bond donors (Lipinski definition) is 1. The summed E-state index contributed by atoms with van der Waals surface area (Å²) in [6.07, 6.45) is 11.9. The molecule has 6 nitrogen and oxygen atoms in total. The highest BCUT2D eigenvalue weighted by molar-refractivity contribution is 7.12. The van der Waals surface area contributed by atoms with Gasteiger partial charge in [-0.3, -0.25) is 4.98 Å². The number of aliphatic hydroxyl groups is 1. The van der Waals surface area contributed by atoms with Crippen molar-refractivity contribution >= 4 is 35.3 Å². The number of aromatic nitrogens is 3. The number of thiazole rings is 1. The molecule has 4 rings (SSSR count). The molecular weight excluding hydrogens is 386 g/mol. The van der Waals surface area contributed by atoms with E-state index in [9.17, 15) is 9.90 Å². The Morgan fingerprint density at radius 3 is 2.90 bits per heavy atom. The standard InChI is InChI=1S/C22H20N3O3S/c1-22(2,3)28-21(27)25-18(13-29-20(25)14-7-6-10-23-11-14)19(26)16-12-24-17-9-5-4-8-15(16)17/h4-13,26H,1-3H3/q-1. The van der Waals surface area contributed by atoms with Crippen molar-refractivity contribution in [3.8, 4) is 10.6 Å². The van der Waals surface area contributed by atoms with Crippen LogP contribution in [0.25, 0.3) is 28.5 Å². The van der Waals surface area contributed by atoms with Crippen molar-refractivity contribution < 1.29 is 19.2 Å². The molecule has 1 N–H and O–H groups in total. The molecule has 0 unspecified atom stereocenters. The lowest BCUT2D eigenvalue weighted by atomic mass is 10.1. The fourth-order valence-corrected chi connectivity index (χ4v) is 3.98. The van der Waals surface area contributed by atoms with Crippen molar-refractivity contribution in [3.63, 3.8) is 0 Å². The highest BCUT2D eigenvalue weighted by Gasteiger charge is 2.35. The Kier molecular flexibility index (Phi) is 4.76. The Labute approximate surface area is 172 Å². The second kappa shape index (κ2) is 7.25. The average molecular weight is 406 g/mol. The summed E-state index contributed by atoms with van der Waals surface area (Å²) in [7, 11) is 0. The molecule has 29 heavy (non-hydrogen) atoms. The van der Waals surface area contributed by atoms with E-state index >= 15 is 0 Å². The van der Waals surface area contributed by atoms with Gasteiger partial charge in [0.2, 0.25) is 17.0 Å². The lowest BCUT2D eigenvalue weighted by Gasteiger charge is -2.18. The van der Waals surface area contributed by atoms with Crippen molar-refractivity contribution in [3.05, 3.63) is 70.4 Å². The fourth-order valence-electron chi connectivity index (χ4n) is 3.01. The summed E-state index contributed by atoms with van der Waals surface area (Å²) in [6, 6.07) is 3.66. The Morgan fingerprint density at radius 2 is 2.17 bits per heavy atom. The maximum absolute atomic E-state index is 13.1. The quantitative estimate of drug-likeness (QED) is 0.402. The molecular formula is C22H20N3O3S-. The van der Waals surface area contributed by atoms with Gasteiger partial charge in [0.25, 0.3) is 0 Å². The summed E-state index contributed by atoms with van der Waals surface area (Å²) in [4.78, 5) is 21.6. The minimum Gasteiger partial charge on any atom is -0.542 e. The van der Waals surface area contributed by atoms with Gasteiger partial charge in [0.15, 0.2) is 5.38 Å². The summed E-state index contributed by atoms with van der Waals surface area (Å²) in [5, 5.41) is 14.8. The fraction of sp³-hybridized carbons (Fsp3) is 0.182. The van der Waals surface area contributed by atoms with Crippen molar-refractivity contribution in [2.24, 2.45) is 0 Å². The number of aliphatic hydroxyl groups excluding tert-OH is 1. The minimum absolute atomic E-state index is 0.0315. The number of nitrogens with zero attached hydrogens (tertiary/aromatic N) is 3. The molecule has 0 bridgehead atoms. The number of fused-ring (bicyclic) bond motifs is 1. The zero-order valence-electron chi connectivity index (χ0n) is 16.3. The molecule has 1 aliphatic carbocycles. The maximum atomic E-state index is 13.1. The molecule has 3 aromatic heterocycles. The molecule has 0 fully saturated rings. The van der Waals surface area contributed by atoms with E-state index in [4.69, 9.17) is 4.74 Å². The number of rotatable bonds is 2. The summed E-state index contributed by atoms with van der Waals surface area (Å²) in [5.74, 6) is -0.0315. The number of ether oxygens (including phenoxy) is 1. The smallest absolute Gasteiger partial charge is 0.542 e. The SMILES string of the molecule is CC(C)(C)OC(=O)[n+]1c(C(O)=c2cnc3[c-]2C=C[CH-]C=3)c[s+][c-]1-c1cccnc1. The molecule has 0 saturated heterocycles. The van der Waals surface area contributed by atoms with E-state index in [1.807, 2.05) is 30.7 Å². The summed E-state index contributed by atoms with van der Waals surface area (Å²) in [6.45, 7) is 5.42. The third-order valence-corrected chi connectivity index (χ3v) is 5.22. The normalized spacial score (nSPS) is 13.9. The Bertz CT molecular complexity index is 1210. The predicted octanol–water partition coefficient (Wildman–Crippen LogP) is 2.72. The first kappa shape index (κ1) is 19.0. The van der Waals surface area contributed by atoms with Gasteiger partial charge >= 0.3 is 11.1 Å². The van der Waals surface area contributed by atoms with E-state index < -0.39 is 11.7 Å². The van der Waals surface area contributed by atoms with Crippen molar-refractivity contribution in [2.75, 3.05) is 0 Å². The molecule has 0 spiro atoms. The molecule has 3 heterocycles. The van der Waals surface area contributed by atoms with E-state index in [0.717, 1.165) is 16.5 Å². The molecule has 7 heteroatoms. The summed E-state index contributed by atoms with van der Waals surface area (Å²) >= 11 is 1.34. The van der Waals surface area contributed by atoms with E-state index in [-0.39, 0.29) is 5.76 Å². The number of carbonyl (C=O) groups is 1. The Morgan fingerprint density at radius 1 is 1.34 bits per heavy atom. The highest BCUT2D eigenvalue weighted by atomic mass is 32.1. The van der Waals surface area contributed by atoms with Gasteiger partial charge in [-0.25, -0.2) is 29.4 Å². The molecule has 0 radical (unpaired) electrons. The van der Waals surface area contributed by atoms with E-state index in [0.29, 0.717) is 15.9 Å². The second-order valence-electron chi connectivity index (χ2n) is 7.52. The average Bonchev–Trinajstić information content (AvgIpc) is 3.31. The zero-order valence-corrected chi connectivity index (χ0v) is 17.1. The molecule has 0 amide bonds. The first-order chi connectivity index (χ1) is 13.8. The maximum Gasteiger partial charge on any atom is 0.549 e. The van der Waals surface area contributed by atoms with Gasteiger partial charge in [-0.1, -0.05) is 17.4 Å². The van der Waals surface area contributed by atoms with Crippen LogP contribution >= 0.6 is 11.3 Å². The molecule has 0 aromatic carbocycles. The topological polar surface area (TPSA) is 76.2 Å². The summed E-state index contributed by atoms with van der Waals surface area (Å²) in [5.41, 5.74) is 1.24. The number of carbonyl (C=O) groups excluding carboxylic acids is 1. The van der Waals surface area contributed by atoms with Gasteiger partial charge < -0.3 is 14.8 Å². The number of pyridine rings is 1. The van der Waals surface area contributed by atoms with Crippen LogP contribution in [0.3, 0.4) is 0 Å². The molecule has 1 aliphatic rings. The van der Waals surface area contributed by atoms with Crippen LogP contribution in [0.5, 0.6) is 0 Å². The van der Waals surface area contributed by atoms with Gasteiger partial charge in [-0.05, 0) is 33.2 Å². The Hall–Kier alpha value is -3.32. The van der Waals surface area contributed by atoms with E-state index in [1.165, 1.54) is 15.9 Å². The number of hydrogen-bond acceptors (Lipinski definition) is 5. The van der Waals surface area contributed by atoms with Crippen LogP contribution in [0.15, 0.2) is 42.2 Å². The molecule has 148 valence electrons. The lowest BCUT2D eigenvalue weighted by molar-refractivity contribution is -0.575. The van der Waals surface area contributed by atoms with Gasteiger partial charge in [-0.15, -0.1) is 9.92 Å². The lowest BCUT2D eigenvalue weighted by Crippen LogP contribution is -2.49. The highest BCUT2D eigenvalue weighted by Crippen LogP contribution is 2.24. The molecule has 3 aromatic rings. The summed E-state index contributed by atoms with van der Waals surface area (Å²) < 4.78 is 7.00. The third kappa shape index (κ3) is 3.69. The van der Waals surface area contributed by atoms with E-state index in [1.54, 1.807) is 50.8 Å². The van der Waals surface area contributed by atoms with Crippen molar-refractivity contribution in [1.82, 2.24) is 9.97 Å². The van der Waals surface area contributed by atoms with Crippen LogP contribution in [0.1, 0.15) is 32.0 Å². The second-order valence-corrected chi connectivity index (χ2v) is 8.38. The van der Waals surface area contributed by atoms with Crippen LogP contribution < -0.4 is 15.1 Å². The minimum atomic E-state index is -0.681. The molecule has 0 saturated carbocycles. The van der Waals surface area contributed by atoms with Crippen molar-refractivity contribution in [2.45, 2.75) is 26.4 Å². The zero-order chi connectivity index (χ0) is 20.6. The van der Waals surface area contributed by atoms with Gasteiger partial charge in [0, 0.05) is 11.8 Å². The van der Waals surface area contributed by atoms with Crippen LogP contribution in [-0.2, 0) is 4.74 Å². The van der Waals surface area contributed by atoms with E-state index in [2.05, 4.69) is 9.97 Å². The largest absolute Gasteiger partial charge is 0.549 e. The van der Waals surface area contributed by atoms with Gasteiger partial charge in [0.05, 0.1) is 5.76 Å². The van der Waals surface area contributed by atoms with Gasteiger partial charge in [0.1, 0.15) is 5.60 Å². The first-order valence-corrected chi connectivity index (χ1v) is 9.97. The Balaban J connectivity index is 1.94. The first-order valence-electron chi connectivity index (χ1n) is 9.09. The van der Waals surface area contributed by atoms with Crippen LogP contribution in [0, 0.1) is 6.42 Å². The molecule has 0 atom stereocenters. The van der Waals surface area contributed by atoms with Gasteiger partial charge in [-0.2, -0.15) is 5.56 Å². The van der Waals surface area contributed by atoms with Crippen LogP contribution in [0.4, 0.5) is 4.79 Å². The van der Waals surface area contributed by atoms with Crippen LogP contribution in [-0.4, -0.2) is 26.8 Å².